The quantitative estimate of drug-likeness (QED) is 0.644. The lowest BCUT2D eigenvalue weighted by atomic mass is 10.0. The van der Waals surface area contributed by atoms with Crippen molar-refractivity contribution in [1.82, 2.24) is 10.3 Å². The summed E-state index contributed by atoms with van der Waals surface area (Å²) in [6.45, 7) is 16.5. The predicted octanol–water partition coefficient (Wildman–Crippen LogP) is 3.96. The van der Waals surface area contributed by atoms with E-state index >= 15 is 0 Å². The Bertz CT molecular complexity index is 492. The highest BCUT2D eigenvalue weighted by Gasteiger charge is 2.00. The van der Waals surface area contributed by atoms with Crippen LogP contribution in [0.15, 0.2) is 24.4 Å². The number of rotatable bonds is 6. The van der Waals surface area contributed by atoms with Crippen molar-refractivity contribution in [2.45, 2.75) is 61.8 Å². The van der Waals surface area contributed by atoms with E-state index in [1.807, 2.05) is 27.7 Å². The maximum atomic E-state index is 11.0. The fourth-order valence-electron chi connectivity index (χ4n) is 1.11. The molecule has 0 fully saturated rings. The molecule has 1 aromatic rings. The Balaban J connectivity index is -0.000000348. The second kappa shape index (κ2) is 18.4. The molecule has 0 spiro atoms. The zero-order valence-electron chi connectivity index (χ0n) is 18.0. The Morgan fingerprint density at radius 1 is 1.19 bits per heavy atom. The Labute approximate surface area is 164 Å². The molecule has 0 bridgehead atoms. The Morgan fingerprint density at radius 3 is 2.00 bits per heavy atom. The van der Waals surface area contributed by atoms with Gasteiger partial charge >= 0.3 is 5.97 Å². The van der Waals surface area contributed by atoms with E-state index in [9.17, 15) is 14.4 Å². The number of aromatic nitrogens is 1. The van der Waals surface area contributed by atoms with Crippen LogP contribution in [0.1, 0.15) is 61.8 Å². The van der Waals surface area contributed by atoms with E-state index in [1.54, 1.807) is 24.4 Å². The van der Waals surface area contributed by atoms with Crippen LogP contribution in [0.4, 0.5) is 5.82 Å². The van der Waals surface area contributed by atoms with Gasteiger partial charge < -0.3 is 15.7 Å². The van der Waals surface area contributed by atoms with Crippen LogP contribution >= 0.6 is 0 Å². The minimum absolute atomic E-state index is 0.0416. The summed E-state index contributed by atoms with van der Waals surface area (Å²) in [6, 6.07) is 5.17. The van der Waals surface area contributed by atoms with Gasteiger partial charge in [-0.15, -0.1) is 0 Å². The molecule has 0 aliphatic heterocycles. The molecule has 1 rings (SSSR count). The normalized spacial score (nSPS) is 9.22. The third-order valence-corrected chi connectivity index (χ3v) is 1.86. The molecule has 2 amide bonds. The largest absolute Gasteiger partial charge is 0.481 e. The molecule has 1 heterocycles. The van der Waals surface area contributed by atoms with E-state index in [4.69, 9.17) is 5.11 Å². The van der Waals surface area contributed by atoms with Gasteiger partial charge in [0.25, 0.3) is 0 Å². The molecule has 0 saturated heterocycles. The first-order chi connectivity index (χ1) is 12.5. The highest BCUT2D eigenvalue weighted by molar-refractivity contribution is 5.92. The van der Waals surface area contributed by atoms with Gasteiger partial charge in [-0.1, -0.05) is 61.5 Å². The van der Waals surface area contributed by atoms with Crippen LogP contribution in [-0.2, 0) is 14.4 Å². The van der Waals surface area contributed by atoms with Gasteiger partial charge in [0.2, 0.25) is 12.3 Å². The molecule has 0 unspecified atom stereocenters. The van der Waals surface area contributed by atoms with Crippen LogP contribution in [0.5, 0.6) is 0 Å². The number of anilines is 1. The van der Waals surface area contributed by atoms with Gasteiger partial charge in [-0.25, -0.2) is 4.98 Å². The molecular formula is C20H37N3O4. The molecule has 3 N–H and O–H groups in total. The molecule has 0 aromatic carbocycles. The van der Waals surface area contributed by atoms with Crippen molar-refractivity contribution in [1.29, 1.82) is 0 Å². The van der Waals surface area contributed by atoms with E-state index in [1.165, 1.54) is 0 Å². The first-order valence-corrected chi connectivity index (χ1v) is 9.05. The number of carbonyl (C=O) groups is 3. The van der Waals surface area contributed by atoms with Crippen molar-refractivity contribution in [3.8, 4) is 0 Å². The van der Waals surface area contributed by atoms with Crippen molar-refractivity contribution in [2.75, 3.05) is 11.9 Å². The smallest absolute Gasteiger partial charge is 0.303 e. The Hall–Kier alpha value is -2.44. The number of aliphatic carboxylic acids is 1. The first kappa shape index (κ1) is 29.3. The number of hydrogen-bond acceptors (Lipinski definition) is 4. The maximum absolute atomic E-state index is 11.0. The number of carbonyl (C=O) groups excluding carboxylic acids is 2. The summed E-state index contributed by atoms with van der Waals surface area (Å²) >= 11 is 0. The van der Waals surface area contributed by atoms with Gasteiger partial charge in [-0.2, -0.15) is 0 Å². The monoisotopic (exact) mass is 383 g/mol. The predicted molar refractivity (Wildman–Crippen MR) is 111 cm³/mol. The van der Waals surface area contributed by atoms with Crippen LogP contribution in [0, 0.1) is 11.3 Å². The standard InChI is InChI=1S/C8H9N3O2.C5H10O2.C5H12.C2H6/c12-6-9-5-8(13)11-7-3-1-2-4-10-7;1-4(2)3-5(6)7;1-5(2,3)4;1-2/h1-4,6H,5H2,(H,9,12)(H,10,11,13);4H,3H2,1-2H3,(H,6,7);1-4H3;1-2H3. The highest BCUT2D eigenvalue weighted by atomic mass is 16.4. The maximum Gasteiger partial charge on any atom is 0.303 e. The number of nitrogens with zero attached hydrogens (tertiary/aromatic N) is 1. The zero-order valence-corrected chi connectivity index (χ0v) is 18.0. The highest BCUT2D eigenvalue weighted by Crippen LogP contribution is 2.08. The number of nitrogens with one attached hydrogen (secondary N) is 2. The second-order valence-corrected chi connectivity index (χ2v) is 7.25. The van der Waals surface area contributed by atoms with Gasteiger partial charge in [-0.3, -0.25) is 14.4 Å². The van der Waals surface area contributed by atoms with Crippen LogP contribution in [-0.4, -0.2) is 34.9 Å². The lowest BCUT2D eigenvalue weighted by Crippen LogP contribution is -2.27. The third-order valence-electron chi connectivity index (χ3n) is 1.86. The minimum Gasteiger partial charge on any atom is -0.481 e. The third kappa shape index (κ3) is 35.5. The topological polar surface area (TPSA) is 108 Å². The Kier molecular flexibility index (Phi) is 19.9. The molecule has 27 heavy (non-hydrogen) atoms. The molecular weight excluding hydrogens is 346 g/mol. The minimum atomic E-state index is -0.713. The van der Waals surface area contributed by atoms with Crippen molar-refractivity contribution >= 4 is 24.1 Å². The summed E-state index contributed by atoms with van der Waals surface area (Å²) in [7, 11) is 0. The van der Waals surface area contributed by atoms with Gasteiger partial charge in [-0.05, 0) is 23.5 Å². The summed E-state index contributed by atoms with van der Waals surface area (Å²) in [5, 5.41) is 12.8. The summed E-state index contributed by atoms with van der Waals surface area (Å²) in [4.78, 5) is 34.5. The van der Waals surface area contributed by atoms with Gasteiger partial charge in [0.1, 0.15) is 5.82 Å². The molecule has 1 aromatic heterocycles. The van der Waals surface area contributed by atoms with Gasteiger partial charge in [0, 0.05) is 12.6 Å². The lowest BCUT2D eigenvalue weighted by molar-refractivity contribution is -0.137. The van der Waals surface area contributed by atoms with E-state index < -0.39 is 5.97 Å². The average Bonchev–Trinajstić information content (AvgIpc) is 2.53. The summed E-state index contributed by atoms with van der Waals surface area (Å²) in [6.07, 6.45) is 2.32. The van der Waals surface area contributed by atoms with Crippen LogP contribution in [0.3, 0.4) is 0 Å². The molecule has 7 heteroatoms. The fraction of sp³-hybridized carbons (Fsp3) is 0.600. The van der Waals surface area contributed by atoms with Crippen LogP contribution in [0.2, 0.25) is 0 Å². The van der Waals surface area contributed by atoms with E-state index in [0.717, 1.165) is 0 Å². The van der Waals surface area contributed by atoms with Gasteiger partial charge in [0.15, 0.2) is 0 Å². The molecule has 0 radical (unpaired) electrons. The molecule has 0 atom stereocenters. The summed E-state index contributed by atoms with van der Waals surface area (Å²) < 4.78 is 0. The first-order valence-electron chi connectivity index (χ1n) is 9.05. The lowest BCUT2D eigenvalue weighted by Gasteiger charge is -2.05. The number of pyridine rings is 1. The summed E-state index contributed by atoms with van der Waals surface area (Å²) in [5.41, 5.74) is 0.500. The number of amides is 2. The van der Waals surface area contributed by atoms with E-state index in [-0.39, 0.29) is 24.8 Å². The average molecular weight is 384 g/mol. The van der Waals surface area contributed by atoms with Crippen LogP contribution in [0.25, 0.3) is 0 Å². The Morgan fingerprint density at radius 2 is 1.70 bits per heavy atom. The number of hydrogen-bond donors (Lipinski definition) is 3. The molecule has 0 saturated carbocycles. The molecule has 0 aliphatic rings. The SMILES string of the molecule is CC.CC(C)(C)C.CC(C)CC(=O)O.O=CNCC(=O)Nc1ccccn1. The molecule has 0 aliphatic carbocycles. The van der Waals surface area contributed by atoms with Crippen molar-refractivity contribution in [3.63, 3.8) is 0 Å². The fourth-order valence-corrected chi connectivity index (χ4v) is 1.11. The van der Waals surface area contributed by atoms with Crippen LogP contribution < -0.4 is 10.6 Å². The summed E-state index contributed by atoms with van der Waals surface area (Å²) in [5.74, 6) is -0.265. The number of carboxylic acid groups (broad SMARTS) is 1. The second-order valence-electron chi connectivity index (χ2n) is 7.25. The molecule has 7 nitrogen and oxygen atoms in total. The number of carboxylic acids is 1. The van der Waals surface area contributed by atoms with E-state index in [0.29, 0.717) is 17.6 Å². The van der Waals surface area contributed by atoms with Crippen molar-refractivity contribution in [3.05, 3.63) is 24.4 Å². The zero-order chi connectivity index (χ0) is 21.9. The van der Waals surface area contributed by atoms with Gasteiger partial charge in [0.05, 0.1) is 6.54 Å². The van der Waals surface area contributed by atoms with Crippen molar-refractivity contribution < 1.29 is 19.5 Å². The van der Waals surface area contributed by atoms with Crippen molar-refractivity contribution in [2.24, 2.45) is 11.3 Å². The molecule has 156 valence electrons. The van der Waals surface area contributed by atoms with E-state index in [2.05, 4.69) is 43.3 Å².